The van der Waals surface area contributed by atoms with Crippen LogP contribution in [-0.4, -0.2) is 63.9 Å². The number of rotatable bonds is 6. The molecule has 1 aliphatic carbocycles. The Morgan fingerprint density at radius 2 is 2.05 bits per heavy atom. The second-order valence-corrected chi connectivity index (χ2v) is 12.4. The normalized spacial score (nSPS) is 21.3. The van der Waals surface area contributed by atoms with Crippen molar-refractivity contribution in [2.75, 3.05) is 18.0 Å². The Balaban J connectivity index is 1.60. The molecule has 4 aromatic rings. The van der Waals surface area contributed by atoms with Crippen LogP contribution in [0.4, 0.5) is 14.6 Å². The summed E-state index contributed by atoms with van der Waals surface area (Å²) in [6.45, 7) is 5.58. The van der Waals surface area contributed by atoms with Crippen molar-refractivity contribution in [3.05, 3.63) is 29.5 Å². The quantitative estimate of drug-likeness (QED) is 0.365. The minimum Gasteiger partial charge on any atom is -0.350 e. The summed E-state index contributed by atoms with van der Waals surface area (Å²) in [6.07, 6.45) is -0.521. The zero-order chi connectivity index (χ0) is 26.8. The third-order valence-electron chi connectivity index (χ3n) is 6.95. The fourth-order valence-corrected chi connectivity index (χ4v) is 6.89. The number of piperazine rings is 1. The molecular weight excluding hydrogens is 536 g/mol. The summed E-state index contributed by atoms with van der Waals surface area (Å²) in [5.41, 5.74) is -0.294. The molecule has 1 aliphatic heterocycles. The zero-order valence-corrected chi connectivity index (χ0v) is 22.0. The summed E-state index contributed by atoms with van der Waals surface area (Å²) in [7, 11) is -4.04. The van der Waals surface area contributed by atoms with Gasteiger partial charge in [0, 0.05) is 30.6 Å². The molecule has 2 aliphatic rings. The average Bonchev–Trinajstić information content (AvgIpc) is 3.33. The van der Waals surface area contributed by atoms with E-state index in [2.05, 4.69) is 49.0 Å². The fourth-order valence-electron chi connectivity index (χ4n) is 4.78. The summed E-state index contributed by atoms with van der Waals surface area (Å²) < 4.78 is 57.2. The molecule has 1 saturated carbocycles. The molecule has 11 nitrogen and oxygen atoms in total. The molecule has 4 heterocycles. The predicted molar refractivity (Wildman–Crippen MR) is 137 cm³/mol. The Morgan fingerprint density at radius 1 is 1.26 bits per heavy atom. The lowest BCUT2D eigenvalue weighted by Crippen LogP contribution is -2.54. The Kier molecular flexibility index (Phi) is 5.83. The highest BCUT2D eigenvalue weighted by Gasteiger charge is 2.47. The highest BCUT2D eigenvalue weighted by Crippen LogP contribution is 2.40. The summed E-state index contributed by atoms with van der Waals surface area (Å²) >= 11 is 0.706. The first-order valence-electron chi connectivity index (χ1n) is 12.0. The maximum absolute atomic E-state index is 13.4. The maximum atomic E-state index is 13.4. The Labute approximate surface area is 220 Å². The monoisotopic (exact) mass is 559 g/mol. The van der Waals surface area contributed by atoms with Crippen molar-refractivity contribution in [3.63, 3.8) is 0 Å². The van der Waals surface area contributed by atoms with E-state index in [1.165, 1.54) is 18.5 Å². The number of alkyl halides is 2. The van der Waals surface area contributed by atoms with E-state index in [0.29, 0.717) is 58.5 Å². The van der Waals surface area contributed by atoms with Gasteiger partial charge in [0.25, 0.3) is 6.43 Å². The summed E-state index contributed by atoms with van der Waals surface area (Å²) in [5, 5.41) is 21.4. The van der Waals surface area contributed by atoms with Crippen LogP contribution in [0, 0.1) is 11.3 Å². The standard InChI is InChI=1S/C23H23F2N9O2S2/c1-12-9-33(13(2)8-27-12)19-17-15-4-3-14(38(35,36)32-23(10-26)5-6-23)7-16(15)34(20(17)29-11-28-19)22-31-30-21(37-22)18(24)25/h3-4,7,11-13,18,27,32H,5-6,8-9H2,1-2H3/t12-,13+/m0/s1. The minimum absolute atomic E-state index is 0.0622. The molecule has 0 radical (unpaired) electrons. The number of nitriles is 1. The van der Waals surface area contributed by atoms with Gasteiger partial charge in [-0.05, 0) is 38.8 Å². The van der Waals surface area contributed by atoms with Gasteiger partial charge in [0.15, 0.2) is 10.7 Å². The molecule has 0 amide bonds. The van der Waals surface area contributed by atoms with E-state index >= 15 is 0 Å². The molecule has 2 fully saturated rings. The van der Waals surface area contributed by atoms with Gasteiger partial charge in [-0.2, -0.15) is 9.98 Å². The van der Waals surface area contributed by atoms with E-state index in [4.69, 9.17) is 0 Å². The molecule has 0 spiro atoms. The van der Waals surface area contributed by atoms with E-state index in [0.717, 1.165) is 6.54 Å². The molecule has 0 bridgehead atoms. The van der Waals surface area contributed by atoms with Gasteiger partial charge in [-0.15, -0.1) is 10.2 Å². The molecule has 15 heteroatoms. The second-order valence-electron chi connectivity index (χ2n) is 9.74. The van der Waals surface area contributed by atoms with Gasteiger partial charge in [0.2, 0.25) is 15.2 Å². The summed E-state index contributed by atoms with van der Waals surface area (Å²) in [4.78, 5) is 11.2. The van der Waals surface area contributed by atoms with E-state index in [1.807, 2.05) is 6.07 Å². The maximum Gasteiger partial charge on any atom is 0.291 e. The van der Waals surface area contributed by atoms with Crippen molar-refractivity contribution in [1.82, 2.24) is 34.8 Å². The molecule has 38 heavy (non-hydrogen) atoms. The number of nitrogens with zero attached hydrogens (tertiary/aromatic N) is 7. The van der Waals surface area contributed by atoms with Crippen molar-refractivity contribution >= 4 is 49.1 Å². The van der Waals surface area contributed by atoms with Crippen molar-refractivity contribution in [3.8, 4) is 11.2 Å². The van der Waals surface area contributed by atoms with Gasteiger partial charge in [0.1, 0.15) is 17.7 Å². The van der Waals surface area contributed by atoms with Crippen LogP contribution in [-0.2, 0) is 10.0 Å². The highest BCUT2D eigenvalue weighted by atomic mass is 32.2. The van der Waals surface area contributed by atoms with Crippen LogP contribution in [0.5, 0.6) is 0 Å². The number of fused-ring (bicyclic) bond motifs is 3. The van der Waals surface area contributed by atoms with Gasteiger partial charge >= 0.3 is 0 Å². The molecule has 198 valence electrons. The summed E-state index contributed by atoms with van der Waals surface area (Å²) in [6, 6.07) is 6.92. The largest absolute Gasteiger partial charge is 0.350 e. The van der Waals surface area contributed by atoms with Gasteiger partial charge < -0.3 is 10.2 Å². The zero-order valence-electron chi connectivity index (χ0n) is 20.4. The molecular formula is C23H23F2N9O2S2. The Morgan fingerprint density at radius 3 is 2.74 bits per heavy atom. The van der Waals surface area contributed by atoms with E-state index in [-0.39, 0.29) is 22.1 Å². The van der Waals surface area contributed by atoms with Crippen LogP contribution >= 0.6 is 11.3 Å². The van der Waals surface area contributed by atoms with Crippen LogP contribution in [0.2, 0.25) is 0 Å². The number of hydrogen-bond donors (Lipinski definition) is 2. The van der Waals surface area contributed by atoms with Crippen LogP contribution < -0.4 is 14.9 Å². The number of sulfonamides is 1. The van der Waals surface area contributed by atoms with Gasteiger partial charge in [0.05, 0.1) is 21.9 Å². The molecule has 2 atom stereocenters. The molecule has 1 aromatic carbocycles. The van der Waals surface area contributed by atoms with Crippen LogP contribution in [0.3, 0.4) is 0 Å². The number of nitrogens with one attached hydrogen (secondary N) is 2. The first kappa shape index (κ1) is 25.0. The van der Waals surface area contributed by atoms with Crippen molar-refractivity contribution in [2.45, 2.75) is 55.6 Å². The smallest absolute Gasteiger partial charge is 0.291 e. The SMILES string of the molecule is C[C@@H]1CN[C@@H](C)CN1c1ncnc2c1c1ccc(S(=O)(=O)NC3(C#N)CC3)cc1n2-c1nnc(C(F)F)s1. The van der Waals surface area contributed by atoms with Crippen LogP contribution in [0.25, 0.3) is 27.1 Å². The summed E-state index contributed by atoms with van der Waals surface area (Å²) in [5.74, 6) is 0.661. The van der Waals surface area contributed by atoms with Crippen molar-refractivity contribution in [1.29, 1.82) is 5.26 Å². The predicted octanol–water partition coefficient (Wildman–Crippen LogP) is 2.88. The number of hydrogen-bond acceptors (Lipinski definition) is 10. The van der Waals surface area contributed by atoms with Crippen LogP contribution in [0.15, 0.2) is 29.4 Å². The molecule has 6 rings (SSSR count). The number of aromatic nitrogens is 5. The van der Waals surface area contributed by atoms with Gasteiger partial charge in [-0.25, -0.2) is 27.2 Å². The molecule has 0 unspecified atom stereocenters. The first-order chi connectivity index (χ1) is 18.1. The molecule has 1 saturated heterocycles. The second kappa shape index (κ2) is 8.87. The van der Waals surface area contributed by atoms with E-state index < -0.39 is 27.0 Å². The van der Waals surface area contributed by atoms with Gasteiger partial charge in [-0.1, -0.05) is 17.4 Å². The third-order valence-corrected chi connectivity index (χ3v) is 9.40. The third kappa shape index (κ3) is 4.08. The van der Waals surface area contributed by atoms with Gasteiger partial charge in [-0.3, -0.25) is 4.57 Å². The Hall–Kier alpha value is -3.32. The number of anilines is 1. The fraction of sp³-hybridized carbons (Fsp3) is 0.435. The van der Waals surface area contributed by atoms with E-state index in [9.17, 15) is 22.5 Å². The topological polar surface area (TPSA) is 142 Å². The number of halogens is 2. The lowest BCUT2D eigenvalue weighted by molar-refractivity contribution is 0.150. The highest BCUT2D eigenvalue weighted by molar-refractivity contribution is 7.89. The van der Waals surface area contributed by atoms with Crippen LogP contribution in [0.1, 0.15) is 38.1 Å². The Bertz CT molecular complexity index is 1710. The number of benzene rings is 1. The first-order valence-corrected chi connectivity index (χ1v) is 14.3. The van der Waals surface area contributed by atoms with Crippen molar-refractivity contribution in [2.24, 2.45) is 0 Å². The minimum atomic E-state index is -4.04. The molecule has 3 aromatic heterocycles. The molecule has 2 N–H and O–H groups in total. The van der Waals surface area contributed by atoms with Crippen molar-refractivity contribution < 1.29 is 17.2 Å². The average molecular weight is 560 g/mol. The van der Waals surface area contributed by atoms with E-state index in [1.54, 1.807) is 10.6 Å². The lowest BCUT2D eigenvalue weighted by atomic mass is 10.1. The lowest BCUT2D eigenvalue weighted by Gasteiger charge is -2.38.